The molecule has 0 fully saturated rings. The van der Waals surface area contributed by atoms with Gasteiger partial charge in [0.05, 0.1) is 0 Å². The highest BCUT2D eigenvalue weighted by molar-refractivity contribution is 6.17. The van der Waals surface area contributed by atoms with Crippen molar-refractivity contribution in [1.82, 2.24) is 0 Å². The molecule has 4 aromatic rings. The van der Waals surface area contributed by atoms with Crippen LogP contribution in [0.5, 0.6) is 0 Å². The lowest BCUT2D eigenvalue weighted by Gasteiger charge is -2.25. The highest BCUT2D eigenvalue weighted by Crippen LogP contribution is 2.41. The summed E-state index contributed by atoms with van der Waals surface area (Å²) in [5.74, 6) is 0. The standard InChI is InChI=1S/C24H20O2/c1-13-16-8-7-15-5-3-4-6-18(15)22(16)14(2)23-17(13)9-10-20-19(23)11-12-21(25)24(20)26/h3-12,21,24-26H,1-2H3/t21-,24-/m0/s1. The molecule has 26 heavy (non-hydrogen) atoms. The Hall–Kier alpha value is -2.68. The van der Waals surface area contributed by atoms with Crippen LogP contribution in [-0.4, -0.2) is 16.3 Å². The molecule has 5 rings (SSSR count). The van der Waals surface area contributed by atoms with E-state index in [1.807, 2.05) is 12.1 Å². The lowest BCUT2D eigenvalue weighted by atomic mass is 9.83. The number of aryl methyl sites for hydroxylation is 2. The maximum atomic E-state index is 10.4. The van der Waals surface area contributed by atoms with Gasteiger partial charge < -0.3 is 10.2 Å². The van der Waals surface area contributed by atoms with Gasteiger partial charge in [-0.25, -0.2) is 0 Å². The lowest BCUT2D eigenvalue weighted by Crippen LogP contribution is -2.19. The molecule has 0 aromatic heterocycles. The Kier molecular flexibility index (Phi) is 3.24. The maximum absolute atomic E-state index is 10.4. The SMILES string of the molecule is Cc1c2ccc3c(c2c(C)c2c1ccc1ccccc12)C=C[C@H](O)[C@H]3O. The van der Waals surface area contributed by atoms with E-state index in [1.54, 1.807) is 6.08 Å². The molecular formula is C24H20O2. The molecule has 0 heterocycles. The van der Waals surface area contributed by atoms with Gasteiger partial charge in [-0.2, -0.15) is 0 Å². The van der Waals surface area contributed by atoms with Crippen molar-refractivity contribution in [2.24, 2.45) is 0 Å². The molecular weight excluding hydrogens is 320 g/mol. The Morgan fingerprint density at radius 2 is 1.46 bits per heavy atom. The van der Waals surface area contributed by atoms with E-state index in [0.717, 1.165) is 11.1 Å². The van der Waals surface area contributed by atoms with Crippen molar-refractivity contribution in [2.75, 3.05) is 0 Å². The summed E-state index contributed by atoms with van der Waals surface area (Å²) in [6, 6.07) is 16.9. The van der Waals surface area contributed by atoms with Gasteiger partial charge >= 0.3 is 0 Å². The number of aliphatic hydroxyl groups is 2. The van der Waals surface area contributed by atoms with Crippen LogP contribution in [-0.2, 0) is 0 Å². The Bertz CT molecular complexity index is 1230. The largest absolute Gasteiger partial charge is 0.386 e. The number of rotatable bonds is 0. The number of fused-ring (bicyclic) bond motifs is 6. The van der Waals surface area contributed by atoms with Crippen molar-refractivity contribution in [3.05, 3.63) is 76.9 Å². The van der Waals surface area contributed by atoms with Crippen LogP contribution < -0.4 is 0 Å². The van der Waals surface area contributed by atoms with E-state index >= 15 is 0 Å². The molecule has 0 saturated heterocycles. The van der Waals surface area contributed by atoms with Gasteiger partial charge in [-0.15, -0.1) is 0 Å². The maximum Gasteiger partial charge on any atom is 0.109 e. The quantitative estimate of drug-likeness (QED) is 0.342. The molecule has 2 nitrogen and oxygen atoms in total. The van der Waals surface area contributed by atoms with Crippen LogP contribution in [0.15, 0.2) is 54.6 Å². The highest BCUT2D eigenvalue weighted by atomic mass is 16.3. The van der Waals surface area contributed by atoms with Crippen LogP contribution in [0.2, 0.25) is 0 Å². The summed E-state index contributed by atoms with van der Waals surface area (Å²) in [4.78, 5) is 0. The molecule has 0 aliphatic heterocycles. The summed E-state index contributed by atoms with van der Waals surface area (Å²) in [7, 11) is 0. The van der Waals surface area contributed by atoms with Crippen LogP contribution in [0.1, 0.15) is 28.4 Å². The minimum absolute atomic E-state index is 0.801. The van der Waals surface area contributed by atoms with E-state index < -0.39 is 12.2 Å². The number of hydrogen-bond donors (Lipinski definition) is 2. The first kappa shape index (κ1) is 15.6. The molecule has 0 spiro atoms. The van der Waals surface area contributed by atoms with Gasteiger partial charge in [-0.1, -0.05) is 60.7 Å². The third kappa shape index (κ3) is 1.94. The third-order valence-electron chi connectivity index (χ3n) is 5.87. The van der Waals surface area contributed by atoms with Crippen LogP contribution in [0, 0.1) is 13.8 Å². The normalized spacial score (nSPS) is 19.4. The highest BCUT2D eigenvalue weighted by Gasteiger charge is 2.25. The van der Waals surface area contributed by atoms with Crippen molar-refractivity contribution in [3.63, 3.8) is 0 Å². The predicted molar refractivity (Wildman–Crippen MR) is 108 cm³/mol. The molecule has 2 N–H and O–H groups in total. The van der Waals surface area contributed by atoms with Crippen LogP contribution in [0.4, 0.5) is 0 Å². The van der Waals surface area contributed by atoms with Crippen LogP contribution in [0.25, 0.3) is 38.4 Å². The van der Waals surface area contributed by atoms with Crippen LogP contribution in [0.3, 0.4) is 0 Å². The average molecular weight is 340 g/mol. The Labute approximate surface area is 152 Å². The van der Waals surface area contributed by atoms with Gasteiger partial charge in [0.2, 0.25) is 0 Å². The molecule has 0 amide bonds. The van der Waals surface area contributed by atoms with E-state index in [4.69, 9.17) is 0 Å². The topological polar surface area (TPSA) is 40.5 Å². The summed E-state index contributed by atoms with van der Waals surface area (Å²) in [5, 5.41) is 27.8. The van der Waals surface area contributed by atoms with Gasteiger partial charge in [0.1, 0.15) is 12.2 Å². The van der Waals surface area contributed by atoms with Gasteiger partial charge in [-0.05, 0) is 68.4 Å². The summed E-state index contributed by atoms with van der Waals surface area (Å²) in [5.41, 5.74) is 4.30. The molecule has 1 aliphatic carbocycles. The van der Waals surface area contributed by atoms with Gasteiger partial charge in [0.25, 0.3) is 0 Å². The van der Waals surface area contributed by atoms with E-state index in [1.165, 1.54) is 43.4 Å². The number of hydrogen-bond acceptors (Lipinski definition) is 2. The van der Waals surface area contributed by atoms with Crippen molar-refractivity contribution in [3.8, 4) is 0 Å². The van der Waals surface area contributed by atoms with Gasteiger partial charge in [-0.3, -0.25) is 0 Å². The monoisotopic (exact) mass is 340 g/mol. The Morgan fingerprint density at radius 3 is 2.31 bits per heavy atom. The molecule has 4 aromatic carbocycles. The van der Waals surface area contributed by atoms with Crippen LogP contribution >= 0.6 is 0 Å². The average Bonchev–Trinajstić information content (AvgIpc) is 2.67. The summed E-state index contributed by atoms with van der Waals surface area (Å²) in [6.07, 6.45) is 1.93. The lowest BCUT2D eigenvalue weighted by molar-refractivity contribution is 0.0471. The van der Waals surface area contributed by atoms with Crippen molar-refractivity contribution >= 4 is 38.4 Å². The fourth-order valence-electron chi connectivity index (χ4n) is 4.53. The molecule has 2 atom stereocenters. The van der Waals surface area contributed by atoms with E-state index in [-0.39, 0.29) is 0 Å². The van der Waals surface area contributed by atoms with E-state index in [0.29, 0.717) is 0 Å². The second-order valence-electron chi connectivity index (χ2n) is 7.24. The first-order chi connectivity index (χ1) is 12.6. The number of aliphatic hydroxyl groups excluding tert-OH is 2. The molecule has 2 heteroatoms. The van der Waals surface area contributed by atoms with E-state index in [2.05, 4.69) is 56.3 Å². The molecule has 0 radical (unpaired) electrons. The van der Waals surface area contributed by atoms with Gasteiger partial charge in [0, 0.05) is 0 Å². The number of benzene rings is 4. The predicted octanol–water partition coefficient (Wildman–Crippen LogP) is 5.18. The van der Waals surface area contributed by atoms with E-state index in [9.17, 15) is 10.2 Å². The van der Waals surface area contributed by atoms with Gasteiger partial charge in [0.15, 0.2) is 0 Å². The minimum atomic E-state index is -0.873. The first-order valence-electron chi connectivity index (χ1n) is 8.99. The summed E-state index contributed by atoms with van der Waals surface area (Å²) < 4.78 is 0. The second kappa shape index (κ2) is 5.41. The minimum Gasteiger partial charge on any atom is -0.386 e. The smallest absolute Gasteiger partial charge is 0.109 e. The van der Waals surface area contributed by atoms with Crippen molar-refractivity contribution < 1.29 is 10.2 Å². The molecule has 0 bridgehead atoms. The zero-order chi connectivity index (χ0) is 18.0. The summed E-state index contributed by atoms with van der Waals surface area (Å²) in [6.45, 7) is 4.34. The van der Waals surface area contributed by atoms with Crippen molar-refractivity contribution in [1.29, 1.82) is 0 Å². The zero-order valence-electron chi connectivity index (χ0n) is 14.8. The Morgan fingerprint density at radius 1 is 0.731 bits per heavy atom. The van der Waals surface area contributed by atoms with Crippen molar-refractivity contribution in [2.45, 2.75) is 26.1 Å². The third-order valence-corrected chi connectivity index (χ3v) is 5.87. The second-order valence-corrected chi connectivity index (χ2v) is 7.24. The first-order valence-corrected chi connectivity index (χ1v) is 8.99. The zero-order valence-corrected chi connectivity index (χ0v) is 14.8. The summed E-state index contributed by atoms with van der Waals surface area (Å²) >= 11 is 0. The molecule has 1 aliphatic rings. The fourth-order valence-corrected chi connectivity index (χ4v) is 4.53. The Balaban J connectivity index is 2.04. The molecule has 128 valence electrons. The fraction of sp³-hybridized carbons (Fsp3) is 0.167. The molecule has 0 unspecified atom stereocenters. The molecule has 0 saturated carbocycles.